The van der Waals surface area contributed by atoms with E-state index in [2.05, 4.69) is 18.2 Å². The molecule has 6 rings (SSSR count). The van der Waals surface area contributed by atoms with Gasteiger partial charge in [0.15, 0.2) is 4.80 Å². The van der Waals surface area contributed by atoms with E-state index in [1.807, 2.05) is 47.0 Å². The van der Waals surface area contributed by atoms with Crippen LogP contribution in [-0.4, -0.2) is 16.8 Å². The van der Waals surface area contributed by atoms with Crippen LogP contribution in [0.25, 0.3) is 11.8 Å². The molecular formula is C28H22N2O3S. The monoisotopic (exact) mass is 466 g/mol. The first-order valence-electron chi connectivity index (χ1n) is 11.2. The molecule has 0 fully saturated rings. The molecule has 3 aromatic carbocycles. The van der Waals surface area contributed by atoms with E-state index in [1.165, 1.54) is 22.5 Å². The number of fused-ring (bicyclic) bond motifs is 3. The average molecular weight is 467 g/mol. The number of aromatic nitrogens is 1. The van der Waals surface area contributed by atoms with E-state index in [9.17, 15) is 9.90 Å². The van der Waals surface area contributed by atoms with Crippen molar-refractivity contribution in [2.24, 2.45) is 4.99 Å². The van der Waals surface area contributed by atoms with Gasteiger partial charge < -0.3 is 9.84 Å². The minimum absolute atomic E-state index is 0.0710. The summed E-state index contributed by atoms with van der Waals surface area (Å²) in [4.78, 5) is 19.4. The summed E-state index contributed by atoms with van der Waals surface area (Å²) in [5.74, 6) is 0.952. The molecule has 1 aliphatic carbocycles. The van der Waals surface area contributed by atoms with Crippen molar-refractivity contribution in [2.75, 3.05) is 7.11 Å². The highest BCUT2D eigenvalue weighted by Crippen LogP contribution is 2.41. The van der Waals surface area contributed by atoms with Crippen LogP contribution in [0.4, 0.5) is 0 Å². The Morgan fingerprint density at radius 3 is 2.68 bits per heavy atom. The normalized spacial score (nSPS) is 17.0. The van der Waals surface area contributed by atoms with Gasteiger partial charge in [0.05, 0.1) is 23.4 Å². The van der Waals surface area contributed by atoms with Gasteiger partial charge >= 0.3 is 0 Å². The molecule has 1 aliphatic heterocycles. The van der Waals surface area contributed by atoms with E-state index in [0.29, 0.717) is 9.33 Å². The van der Waals surface area contributed by atoms with Gasteiger partial charge in [0.2, 0.25) is 0 Å². The number of hydrogen-bond acceptors (Lipinski definition) is 5. The Bertz CT molecular complexity index is 1630. The minimum Gasteiger partial charge on any atom is -0.508 e. The minimum atomic E-state index is -0.225. The highest BCUT2D eigenvalue weighted by atomic mass is 32.1. The summed E-state index contributed by atoms with van der Waals surface area (Å²) >= 11 is 1.39. The van der Waals surface area contributed by atoms with Crippen LogP contribution in [0.3, 0.4) is 0 Å². The second kappa shape index (κ2) is 8.15. The molecule has 0 saturated heterocycles. The molecule has 1 aromatic heterocycles. The topological polar surface area (TPSA) is 63.8 Å². The first kappa shape index (κ1) is 20.7. The molecule has 2 heterocycles. The third-order valence-corrected chi connectivity index (χ3v) is 7.46. The van der Waals surface area contributed by atoms with Crippen LogP contribution in [0.15, 0.2) is 88.2 Å². The number of allylic oxidation sites excluding steroid dienone is 1. The van der Waals surface area contributed by atoms with E-state index in [0.717, 1.165) is 41.0 Å². The molecule has 0 radical (unpaired) electrons. The lowest BCUT2D eigenvalue weighted by Gasteiger charge is -2.30. The number of benzene rings is 3. The molecule has 0 bridgehead atoms. The maximum atomic E-state index is 13.7. The maximum Gasteiger partial charge on any atom is 0.271 e. The van der Waals surface area contributed by atoms with Crippen LogP contribution >= 0.6 is 11.3 Å². The van der Waals surface area contributed by atoms with E-state index in [4.69, 9.17) is 9.73 Å². The summed E-state index contributed by atoms with van der Waals surface area (Å²) in [6.45, 7) is 0. The SMILES string of the molecule is COc1ccc(C2C3=C(N=c4sc(=Cc5cccc(O)c5)c(=O)n42)c2ccccc2CC3)cc1. The smallest absolute Gasteiger partial charge is 0.271 e. The highest BCUT2D eigenvalue weighted by molar-refractivity contribution is 7.07. The number of aromatic hydroxyl groups is 1. The zero-order chi connectivity index (χ0) is 23.2. The van der Waals surface area contributed by atoms with Crippen LogP contribution in [0, 0.1) is 0 Å². The number of methoxy groups -OCH3 is 1. The predicted octanol–water partition coefficient (Wildman–Crippen LogP) is 4.03. The zero-order valence-corrected chi connectivity index (χ0v) is 19.4. The Labute approximate surface area is 200 Å². The van der Waals surface area contributed by atoms with E-state index in [-0.39, 0.29) is 17.4 Å². The van der Waals surface area contributed by atoms with Crippen molar-refractivity contribution >= 4 is 23.1 Å². The van der Waals surface area contributed by atoms with Gasteiger partial charge in [-0.1, -0.05) is 59.9 Å². The molecule has 34 heavy (non-hydrogen) atoms. The number of rotatable bonds is 3. The predicted molar refractivity (Wildman–Crippen MR) is 134 cm³/mol. The summed E-state index contributed by atoms with van der Waals surface area (Å²) in [6.07, 6.45) is 3.60. The average Bonchev–Trinajstić information content (AvgIpc) is 3.17. The van der Waals surface area contributed by atoms with Gasteiger partial charge in [-0.15, -0.1) is 0 Å². The van der Waals surface area contributed by atoms with Gasteiger partial charge in [0.25, 0.3) is 5.56 Å². The van der Waals surface area contributed by atoms with Gasteiger partial charge in [-0.2, -0.15) is 0 Å². The van der Waals surface area contributed by atoms with Gasteiger partial charge in [0.1, 0.15) is 11.5 Å². The van der Waals surface area contributed by atoms with E-state index < -0.39 is 0 Å². The fourth-order valence-corrected chi connectivity index (χ4v) is 5.88. The maximum absolute atomic E-state index is 13.7. The second-order valence-corrected chi connectivity index (χ2v) is 9.49. The van der Waals surface area contributed by atoms with Crippen LogP contribution in [0.2, 0.25) is 0 Å². The van der Waals surface area contributed by atoms with Gasteiger partial charge in [-0.3, -0.25) is 9.36 Å². The fourth-order valence-electron chi connectivity index (χ4n) is 4.87. The quantitative estimate of drug-likeness (QED) is 0.496. The standard InChI is InChI=1S/C28H22N2O3S/c1-33-21-12-9-19(10-13-21)26-23-14-11-18-6-2-3-8-22(18)25(23)29-28-30(26)27(32)24(34-28)16-17-5-4-7-20(31)15-17/h2-10,12-13,15-16,26,31H,11,14H2,1H3. The molecule has 1 unspecified atom stereocenters. The molecule has 5 nitrogen and oxygen atoms in total. The number of phenolic OH excluding ortho intramolecular Hbond substituents is 1. The summed E-state index contributed by atoms with van der Waals surface area (Å²) in [5.41, 5.74) is 6.32. The Hall–Kier alpha value is -3.90. The molecule has 1 atom stereocenters. The van der Waals surface area contributed by atoms with Crippen molar-refractivity contribution in [1.82, 2.24) is 4.57 Å². The Kier molecular flexibility index (Phi) is 4.96. The first-order chi connectivity index (χ1) is 16.6. The van der Waals surface area contributed by atoms with Crippen molar-refractivity contribution in [3.8, 4) is 11.5 Å². The number of phenols is 1. The lowest BCUT2D eigenvalue weighted by atomic mass is 9.83. The van der Waals surface area contributed by atoms with Crippen LogP contribution in [0.5, 0.6) is 11.5 Å². The van der Waals surface area contributed by atoms with Crippen molar-refractivity contribution in [2.45, 2.75) is 18.9 Å². The van der Waals surface area contributed by atoms with E-state index in [1.54, 1.807) is 25.3 Å². The Morgan fingerprint density at radius 2 is 1.88 bits per heavy atom. The highest BCUT2D eigenvalue weighted by Gasteiger charge is 2.32. The number of nitrogens with zero attached hydrogens (tertiary/aromatic N) is 2. The summed E-state index contributed by atoms with van der Waals surface area (Å²) in [7, 11) is 1.65. The third-order valence-electron chi connectivity index (χ3n) is 6.47. The van der Waals surface area contributed by atoms with Crippen molar-refractivity contribution in [3.63, 3.8) is 0 Å². The molecule has 4 aromatic rings. The van der Waals surface area contributed by atoms with Crippen molar-refractivity contribution in [1.29, 1.82) is 0 Å². The van der Waals surface area contributed by atoms with Crippen LogP contribution in [0.1, 0.15) is 34.7 Å². The fraction of sp³-hybridized carbons (Fsp3) is 0.143. The molecule has 2 aliphatic rings. The largest absolute Gasteiger partial charge is 0.508 e. The van der Waals surface area contributed by atoms with Crippen molar-refractivity contribution < 1.29 is 9.84 Å². The third kappa shape index (κ3) is 3.38. The van der Waals surface area contributed by atoms with Gasteiger partial charge in [-0.25, -0.2) is 4.99 Å². The molecule has 168 valence electrons. The number of aryl methyl sites for hydroxylation is 1. The summed E-state index contributed by atoms with van der Waals surface area (Å²) in [5, 5.41) is 9.85. The first-order valence-corrected chi connectivity index (χ1v) is 12.0. The Balaban J connectivity index is 1.61. The molecule has 0 saturated carbocycles. The number of hydrogen-bond donors (Lipinski definition) is 1. The van der Waals surface area contributed by atoms with Crippen molar-refractivity contribution in [3.05, 3.63) is 120 Å². The zero-order valence-electron chi connectivity index (χ0n) is 18.6. The molecule has 1 N–H and O–H groups in total. The Morgan fingerprint density at radius 1 is 1.06 bits per heavy atom. The second-order valence-electron chi connectivity index (χ2n) is 8.48. The van der Waals surface area contributed by atoms with E-state index >= 15 is 0 Å². The lowest BCUT2D eigenvalue weighted by molar-refractivity contribution is 0.414. The van der Waals surface area contributed by atoms with Crippen LogP contribution in [-0.2, 0) is 6.42 Å². The number of thiazole rings is 1. The lowest BCUT2D eigenvalue weighted by Crippen LogP contribution is -2.38. The molecule has 0 spiro atoms. The molecule has 0 amide bonds. The van der Waals surface area contributed by atoms with Gasteiger partial charge in [0, 0.05) is 5.56 Å². The summed E-state index contributed by atoms with van der Waals surface area (Å²) < 4.78 is 7.78. The molecule has 6 heteroatoms. The summed E-state index contributed by atoms with van der Waals surface area (Å²) in [6, 6.07) is 23.0. The molecular weight excluding hydrogens is 444 g/mol. The number of ether oxygens (including phenoxy) is 1. The van der Waals surface area contributed by atoms with Gasteiger partial charge in [-0.05, 0) is 65.4 Å². The van der Waals surface area contributed by atoms with Crippen LogP contribution < -0.4 is 19.6 Å².